The van der Waals surface area contributed by atoms with Gasteiger partial charge in [-0.15, -0.1) is 0 Å². The predicted octanol–water partition coefficient (Wildman–Crippen LogP) is 1.91. The van der Waals surface area contributed by atoms with Crippen molar-refractivity contribution in [3.05, 3.63) is 11.7 Å². The van der Waals surface area contributed by atoms with Crippen molar-refractivity contribution >= 4 is 12.1 Å². The highest BCUT2D eigenvalue weighted by molar-refractivity contribution is 5.80. The minimum atomic E-state index is -0.471. The number of amides is 1. The minimum Gasteiger partial charge on any atom is -0.444 e. The number of ether oxygens (including phenoxy) is 1. The standard InChI is InChI=1S/C18H32N6O3/c1-12(2)15-22-14(27-23-15)8-7-9-20-16(19-6)21-13-10-24(11-13)17(25)26-18(3,4)5/h12-13H,7-11H2,1-6H3,(H2,19,20,21). The molecule has 9 heteroatoms. The lowest BCUT2D eigenvalue weighted by molar-refractivity contribution is 0.00701. The maximum absolute atomic E-state index is 11.9. The molecule has 2 heterocycles. The van der Waals surface area contributed by atoms with Gasteiger partial charge in [0.2, 0.25) is 5.89 Å². The van der Waals surface area contributed by atoms with Crippen molar-refractivity contribution in [2.75, 3.05) is 26.7 Å². The van der Waals surface area contributed by atoms with Crippen LogP contribution in [-0.2, 0) is 11.2 Å². The molecule has 0 bridgehead atoms. The lowest BCUT2D eigenvalue weighted by Gasteiger charge is -2.40. The molecule has 0 spiro atoms. The maximum Gasteiger partial charge on any atom is 0.410 e. The van der Waals surface area contributed by atoms with Gasteiger partial charge in [-0.2, -0.15) is 4.98 Å². The van der Waals surface area contributed by atoms with Gasteiger partial charge in [-0.05, 0) is 27.2 Å². The average Bonchev–Trinajstić information content (AvgIpc) is 2.99. The van der Waals surface area contributed by atoms with Gasteiger partial charge in [0.1, 0.15) is 5.60 Å². The van der Waals surface area contributed by atoms with E-state index in [1.807, 2.05) is 34.6 Å². The van der Waals surface area contributed by atoms with Crippen LogP contribution in [0.15, 0.2) is 9.52 Å². The quantitative estimate of drug-likeness (QED) is 0.441. The molecular weight excluding hydrogens is 348 g/mol. The number of nitrogens with zero attached hydrogens (tertiary/aromatic N) is 4. The van der Waals surface area contributed by atoms with Crippen molar-refractivity contribution in [2.24, 2.45) is 4.99 Å². The highest BCUT2D eigenvalue weighted by Crippen LogP contribution is 2.15. The van der Waals surface area contributed by atoms with E-state index in [0.29, 0.717) is 19.0 Å². The smallest absolute Gasteiger partial charge is 0.410 e. The van der Waals surface area contributed by atoms with Crippen LogP contribution in [0.2, 0.25) is 0 Å². The Morgan fingerprint density at radius 1 is 1.41 bits per heavy atom. The Kier molecular flexibility index (Phi) is 7.04. The molecule has 9 nitrogen and oxygen atoms in total. The maximum atomic E-state index is 11.9. The Bertz CT molecular complexity index is 644. The first-order valence-corrected chi connectivity index (χ1v) is 9.45. The third-order valence-electron chi connectivity index (χ3n) is 3.96. The van der Waals surface area contributed by atoms with Gasteiger partial charge >= 0.3 is 6.09 Å². The Hall–Kier alpha value is -2.32. The van der Waals surface area contributed by atoms with E-state index in [9.17, 15) is 4.79 Å². The van der Waals surface area contributed by atoms with Gasteiger partial charge < -0.3 is 24.8 Å². The summed E-state index contributed by atoms with van der Waals surface area (Å²) in [7, 11) is 1.73. The normalized spacial score (nSPS) is 15.7. The van der Waals surface area contributed by atoms with Crippen molar-refractivity contribution in [3.63, 3.8) is 0 Å². The molecule has 1 amide bonds. The summed E-state index contributed by atoms with van der Waals surface area (Å²) in [5, 5.41) is 10.5. The number of aryl methyl sites for hydroxylation is 1. The predicted molar refractivity (Wildman–Crippen MR) is 103 cm³/mol. The van der Waals surface area contributed by atoms with Crippen LogP contribution in [0.1, 0.15) is 58.7 Å². The van der Waals surface area contributed by atoms with E-state index in [-0.39, 0.29) is 18.1 Å². The summed E-state index contributed by atoms with van der Waals surface area (Å²) in [6.45, 7) is 11.6. The Morgan fingerprint density at radius 2 is 2.11 bits per heavy atom. The van der Waals surface area contributed by atoms with Crippen LogP contribution in [0.3, 0.4) is 0 Å². The lowest BCUT2D eigenvalue weighted by Crippen LogP contribution is -2.63. The van der Waals surface area contributed by atoms with E-state index in [1.165, 1.54) is 0 Å². The molecule has 0 atom stereocenters. The molecule has 1 fully saturated rings. The first-order valence-electron chi connectivity index (χ1n) is 9.45. The van der Waals surface area contributed by atoms with E-state index >= 15 is 0 Å². The van der Waals surface area contributed by atoms with Crippen molar-refractivity contribution in [2.45, 2.75) is 65.0 Å². The SMILES string of the molecule is CN=C(NCCCc1nc(C(C)C)no1)NC1CN(C(=O)OC(C)(C)C)C1. The van der Waals surface area contributed by atoms with E-state index in [0.717, 1.165) is 31.2 Å². The highest BCUT2D eigenvalue weighted by Gasteiger charge is 2.34. The van der Waals surface area contributed by atoms with Gasteiger partial charge in [0.15, 0.2) is 11.8 Å². The number of carbonyl (C=O) groups is 1. The summed E-state index contributed by atoms with van der Waals surface area (Å²) >= 11 is 0. The summed E-state index contributed by atoms with van der Waals surface area (Å²) in [5.74, 6) is 2.40. The van der Waals surface area contributed by atoms with Gasteiger partial charge in [-0.3, -0.25) is 4.99 Å². The molecule has 1 aromatic rings. The molecule has 2 N–H and O–H groups in total. The van der Waals surface area contributed by atoms with Gasteiger partial charge in [-0.25, -0.2) is 4.79 Å². The molecule has 1 aromatic heterocycles. The van der Waals surface area contributed by atoms with Crippen molar-refractivity contribution in [1.29, 1.82) is 0 Å². The number of likely N-dealkylation sites (tertiary alicyclic amines) is 1. The van der Waals surface area contributed by atoms with E-state index < -0.39 is 5.60 Å². The summed E-state index contributed by atoms with van der Waals surface area (Å²) in [5.41, 5.74) is -0.471. The van der Waals surface area contributed by atoms with Crippen LogP contribution in [-0.4, -0.2) is 65.4 Å². The number of nitrogens with one attached hydrogen (secondary N) is 2. The second-order valence-corrected chi connectivity index (χ2v) is 8.03. The molecule has 0 aromatic carbocycles. The summed E-state index contributed by atoms with van der Waals surface area (Å²) in [6.07, 6.45) is 1.30. The first kappa shape index (κ1) is 21.0. The molecule has 1 aliphatic rings. The molecule has 152 valence electrons. The van der Waals surface area contributed by atoms with E-state index in [2.05, 4.69) is 25.8 Å². The largest absolute Gasteiger partial charge is 0.444 e. The van der Waals surface area contributed by atoms with Gasteiger partial charge in [-0.1, -0.05) is 19.0 Å². The Balaban J connectivity index is 1.63. The van der Waals surface area contributed by atoms with Crippen molar-refractivity contribution < 1.29 is 14.1 Å². The number of guanidine groups is 1. The molecular formula is C18H32N6O3. The number of carbonyl (C=O) groups excluding carboxylic acids is 1. The van der Waals surface area contributed by atoms with E-state index in [4.69, 9.17) is 9.26 Å². The first-order chi connectivity index (χ1) is 12.7. The third-order valence-corrected chi connectivity index (χ3v) is 3.96. The number of hydrogen-bond acceptors (Lipinski definition) is 6. The van der Waals surface area contributed by atoms with Crippen molar-refractivity contribution in [1.82, 2.24) is 25.7 Å². The Morgan fingerprint density at radius 3 is 2.67 bits per heavy atom. The monoisotopic (exact) mass is 380 g/mol. The van der Waals surface area contributed by atoms with Crippen LogP contribution in [0.4, 0.5) is 4.79 Å². The average molecular weight is 380 g/mol. The van der Waals surface area contributed by atoms with Gasteiger partial charge in [0.25, 0.3) is 0 Å². The molecule has 0 radical (unpaired) electrons. The third kappa shape index (κ3) is 6.73. The molecule has 1 aliphatic heterocycles. The van der Waals surface area contributed by atoms with Gasteiger partial charge in [0.05, 0.1) is 6.04 Å². The zero-order valence-corrected chi connectivity index (χ0v) is 17.2. The molecule has 0 unspecified atom stereocenters. The topological polar surface area (TPSA) is 105 Å². The molecule has 27 heavy (non-hydrogen) atoms. The van der Waals surface area contributed by atoms with Crippen LogP contribution < -0.4 is 10.6 Å². The van der Waals surface area contributed by atoms with E-state index in [1.54, 1.807) is 11.9 Å². The fraction of sp³-hybridized carbons (Fsp3) is 0.778. The fourth-order valence-corrected chi connectivity index (χ4v) is 2.48. The van der Waals surface area contributed by atoms with Gasteiger partial charge in [0, 0.05) is 39.0 Å². The minimum absolute atomic E-state index is 0.174. The molecule has 0 aliphatic carbocycles. The van der Waals surface area contributed by atoms with Crippen molar-refractivity contribution in [3.8, 4) is 0 Å². The summed E-state index contributed by atoms with van der Waals surface area (Å²) in [6, 6.07) is 0.174. The zero-order chi connectivity index (χ0) is 20.0. The summed E-state index contributed by atoms with van der Waals surface area (Å²) in [4.78, 5) is 22.2. The van der Waals surface area contributed by atoms with Crippen LogP contribution >= 0.6 is 0 Å². The second kappa shape index (κ2) is 9.05. The number of aliphatic imine (C=N–C) groups is 1. The molecule has 1 saturated heterocycles. The zero-order valence-electron chi connectivity index (χ0n) is 17.2. The van der Waals surface area contributed by atoms with Crippen LogP contribution in [0.25, 0.3) is 0 Å². The number of rotatable bonds is 6. The Labute approximate surface area is 160 Å². The molecule has 0 saturated carbocycles. The lowest BCUT2D eigenvalue weighted by atomic mass is 10.1. The number of aromatic nitrogens is 2. The second-order valence-electron chi connectivity index (χ2n) is 8.03. The van der Waals surface area contributed by atoms with Crippen LogP contribution in [0, 0.1) is 0 Å². The van der Waals surface area contributed by atoms with Crippen LogP contribution in [0.5, 0.6) is 0 Å². The fourth-order valence-electron chi connectivity index (χ4n) is 2.48. The number of hydrogen-bond donors (Lipinski definition) is 2. The highest BCUT2D eigenvalue weighted by atomic mass is 16.6. The summed E-state index contributed by atoms with van der Waals surface area (Å²) < 4.78 is 10.6. The molecule has 2 rings (SSSR count).